The second kappa shape index (κ2) is 6.59. The third kappa shape index (κ3) is 3.04. The molecule has 0 bridgehead atoms. The highest BCUT2D eigenvalue weighted by Gasteiger charge is 2.18. The van der Waals surface area contributed by atoms with Crippen molar-refractivity contribution in [3.8, 4) is 11.4 Å². The average molecular weight is 388 g/mol. The summed E-state index contributed by atoms with van der Waals surface area (Å²) in [5.74, 6) is 0.305. The van der Waals surface area contributed by atoms with E-state index in [4.69, 9.17) is 10.5 Å². The number of nitrogens with two attached hydrogens (primary N) is 1. The molecule has 0 aliphatic carbocycles. The zero-order valence-electron chi connectivity index (χ0n) is 15.5. The van der Waals surface area contributed by atoms with Gasteiger partial charge in [0.15, 0.2) is 11.6 Å². The van der Waals surface area contributed by atoms with Gasteiger partial charge >= 0.3 is 0 Å². The first-order chi connectivity index (χ1) is 14.1. The number of ether oxygens (including phenoxy) is 1. The van der Waals surface area contributed by atoms with E-state index in [0.717, 1.165) is 22.2 Å². The molecule has 0 fully saturated rings. The number of hydrogen-bond donors (Lipinski definition) is 2. The quantitative estimate of drug-likeness (QED) is 0.482. The smallest absolute Gasteiger partial charge is 0.166 e. The van der Waals surface area contributed by atoms with Crippen LogP contribution >= 0.6 is 0 Å². The molecule has 5 rings (SSSR count). The van der Waals surface area contributed by atoms with Crippen LogP contribution in [0.3, 0.4) is 0 Å². The zero-order valence-corrected chi connectivity index (χ0v) is 15.5. The van der Waals surface area contributed by atoms with Gasteiger partial charge in [-0.1, -0.05) is 0 Å². The Hall–Kier alpha value is -3.94. The Morgan fingerprint density at radius 2 is 2.07 bits per heavy atom. The monoisotopic (exact) mass is 388 g/mol. The number of rotatable bonds is 4. The highest BCUT2D eigenvalue weighted by Crippen LogP contribution is 2.33. The van der Waals surface area contributed by atoms with Crippen LogP contribution in [-0.2, 0) is 0 Å². The van der Waals surface area contributed by atoms with Crippen LogP contribution in [0.5, 0.6) is 5.75 Å². The molecule has 2 aromatic carbocycles. The fraction of sp³-hybridized carbons (Fsp3) is 0.0952. The topological polar surface area (TPSA) is 94.6 Å². The predicted molar refractivity (Wildman–Crippen MR) is 108 cm³/mol. The second-order valence-electron chi connectivity index (χ2n) is 6.79. The van der Waals surface area contributed by atoms with Crippen LogP contribution in [-0.4, -0.2) is 25.0 Å². The Kier molecular flexibility index (Phi) is 3.90. The van der Waals surface area contributed by atoms with Crippen molar-refractivity contribution in [2.45, 2.75) is 13.0 Å². The summed E-state index contributed by atoms with van der Waals surface area (Å²) in [6, 6.07) is 11.9. The van der Waals surface area contributed by atoms with Gasteiger partial charge in [-0.2, -0.15) is 10.2 Å². The normalized spacial score (nSPS) is 12.5. The molecule has 1 unspecified atom stereocenters. The van der Waals surface area contributed by atoms with E-state index < -0.39 is 0 Å². The molecule has 144 valence electrons. The Labute approximate surface area is 164 Å². The van der Waals surface area contributed by atoms with Crippen LogP contribution in [0.2, 0.25) is 0 Å². The van der Waals surface area contributed by atoms with Crippen LogP contribution in [0.15, 0.2) is 61.1 Å². The summed E-state index contributed by atoms with van der Waals surface area (Å²) in [4.78, 5) is 4.33. The molecule has 3 N–H and O–H groups in total. The van der Waals surface area contributed by atoms with Gasteiger partial charge in [0, 0.05) is 28.7 Å². The molecule has 7 nitrogen and oxygen atoms in total. The molecule has 0 aliphatic rings. The number of halogens is 1. The number of aromatic amines is 1. The van der Waals surface area contributed by atoms with Crippen LogP contribution in [0.1, 0.15) is 18.6 Å². The van der Waals surface area contributed by atoms with Crippen molar-refractivity contribution in [3.63, 3.8) is 0 Å². The van der Waals surface area contributed by atoms with Gasteiger partial charge in [0.1, 0.15) is 11.9 Å². The Morgan fingerprint density at radius 1 is 1.17 bits per heavy atom. The van der Waals surface area contributed by atoms with Gasteiger partial charge in [-0.3, -0.25) is 5.10 Å². The number of nitrogen functional groups attached to an aromatic ring is 1. The van der Waals surface area contributed by atoms with Crippen molar-refractivity contribution in [2.75, 3.05) is 5.73 Å². The van der Waals surface area contributed by atoms with Gasteiger partial charge in [-0.25, -0.2) is 14.1 Å². The molecule has 0 amide bonds. The molecule has 0 saturated carbocycles. The van der Waals surface area contributed by atoms with E-state index in [1.807, 2.05) is 31.3 Å². The maximum absolute atomic E-state index is 13.6. The third-order valence-electron chi connectivity index (χ3n) is 4.85. The average Bonchev–Trinajstić information content (AvgIpc) is 3.39. The van der Waals surface area contributed by atoms with E-state index in [1.54, 1.807) is 29.2 Å². The number of fused-ring (bicyclic) bond motifs is 2. The lowest BCUT2D eigenvalue weighted by Crippen LogP contribution is -2.10. The van der Waals surface area contributed by atoms with Gasteiger partial charge in [-0.15, -0.1) is 0 Å². The molecular weight excluding hydrogens is 371 g/mol. The first-order valence-electron chi connectivity index (χ1n) is 9.08. The van der Waals surface area contributed by atoms with Gasteiger partial charge in [-0.05, 0) is 49.4 Å². The number of anilines is 1. The summed E-state index contributed by atoms with van der Waals surface area (Å²) < 4.78 is 21.5. The summed E-state index contributed by atoms with van der Waals surface area (Å²) in [5, 5.41) is 13.0. The minimum absolute atomic E-state index is 0.249. The lowest BCUT2D eigenvalue weighted by atomic mass is 10.1. The van der Waals surface area contributed by atoms with Crippen LogP contribution in [0.4, 0.5) is 10.2 Å². The molecule has 0 aliphatic heterocycles. The SMILES string of the molecule is CC(Oc1cc2cc(F)ccc2nc1N)c1cc2[nH]ncc2cc1-n1cccn1. The molecule has 3 heterocycles. The van der Waals surface area contributed by atoms with Crippen molar-refractivity contribution in [1.82, 2.24) is 25.0 Å². The molecule has 3 aromatic heterocycles. The molecule has 1 atom stereocenters. The summed E-state index contributed by atoms with van der Waals surface area (Å²) in [6.45, 7) is 1.92. The van der Waals surface area contributed by atoms with E-state index in [0.29, 0.717) is 16.7 Å². The molecule has 29 heavy (non-hydrogen) atoms. The van der Waals surface area contributed by atoms with Crippen LogP contribution in [0, 0.1) is 5.82 Å². The van der Waals surface area contributed by atoms with Gasteiger partial charge in [0.05, 0.1) is 22.9 Å². The van der Waals surface area contributed by atoms with Crippen molar-refractivity contribution in [2.24, 2.45) is 0 Å². The number of nitrogens with one attached hydrogen (secondary N) is 1. The van der Waals surface area contributed by atoms with Crippen molar-refractivity contribution in [1.29, 1.82) is 0 Å². The van der Waals surface area contributed by atoms with Crippen molar-refractivity contribution >= 4 is 27.6 Å². The first kappa shape index (κ1) is 17.2. The fourth-order valence-electron chi connectivity index (χ4n) is 3.42. The summed E-state index contributed by atoms with van der Waals surface area (Å²) in [7, 11) is 0. The Balaban J connectivity index is 1.58. The number of H-pyrrole nitrogens is 1. The lowest BCUT2D eigenvalue weighted by molar-refractivity contribution is 0.227. The zero-order chi connectivity index (χ0) is 20.0. The molecule has 0 radical (unpaired) electrons. The highest BCUT2D eigenvalue weighted by molar-refractivity contribution is 5.83. The molecule has 0 spiro atoms. The number of hydrogen-bond acceptors (Lipinski definition) is 5. The minimum Gasteiger partial charge on any atom is -0.482 e. The lowest BCUT2D eigenvalue weighted by Gasteiger charge is -2.20. The maximum atomic E-state index is 13.6. The molecule has 5 aromatic rings. The van der Waals surface area contributed by atoms with E-state index in [1.165, 1.54) is 12.1 Å². The van der Waals surface area contributed by atoms with E-state index >= 15 is 0 Å². The maximum Gasteiger partial charge on any atom is 0.166 e. The molecule has 8 heteroatoms. The van der Waals surface area contributed by atoms with E-state index in [9.17, 15) is 4.39 Å². The summed E-state index contributed by atoms with van der Waals surface area (Å²) in [5.41, 5.74) is 9.36. The summed E-state index contributed by atoms with van der Waals surface area (Å²) in [6.07, 6.45) is 4.97. The molecule has 0 saturated heterocycles. The minimum atomic E-state index is -0.378. The second-order valence-corrected chi connectivity index (χ2v) is 6.79. The standard InChI is InChI=1S/C21H17FN6O/c1-12(29-20-9-13-7-15(22)3-4-17(13)26-21(20)23)16-10-18-14(11-24-27-18)8-19(16)28-6-2-5-25-28/h2-12H,1H3,(H2,23,26)(H,24,27). The van der Waals surface area contributed by atoms with Crippen LogP contribution in [0.25, 0.3) is 27.5 Å². The van der Waals surface area contributed by atoms with Gasteiger partial charge in [0.2, 0.25) is 0 Å². The number of nitrogens with zero attached hydrogens (tertiary/aromatic N) is 4. The Morgan fingerprint density at radius 3 is 2.90 bits per heavy atom. The van der Waals surface area contributed by atoms with E-state index in [-0.39, 0.29) is 17.7 Å². The molecular formula is C21H17FN6O. The number of benzene rings is 2. The number of pyridine rings is 1. The first-order valence-corrected chi connectivity index (χ1v) is 9.08. The van der Waals surface area contributed by atoms with Gasteiger partial charge < -0.3 is 10.5 Å². The third-order valence-corrected chi connectivity index (χ3v) is 4.85. The van der Waals surface area contributed by atoms with Crippen molar-refractivity contribution < 1.29 is 9.13 Å². The Bertz CT molecular complexity index is 1330. The predicted octanol–water partition coefficient (Wildman–Crippen LogP) is 4.16. The number of aromatic nitrogens is 5. The van der Waals surface area contributed by atoms with Crippen LogP contribution < -0.4 is 10.5 Å². The summed E-state index contributed by atoms with van der Waals surface area (Å²) >= 11 is 0. The van der Waals surface area contributed by atoms with Crippen molar-refractivity contribution in [3.05, 3.63) is 72.4 Å². The largest absolute Gasteiger partial charge is 0.482 e. The van der Waals surface area contributed by atoms with Gasteiger partial charge in [0.25, 0.3) is 0 Å². The van der Waals surface area contributed by atoms with E-state index in [2.05, 4.69) is 20.3 Å². The highest BCUT2D eigenvalue weighted by atomic mass is 19.1. The fourth-order valence-corrected chi connectivity index (χ4v) is 3.42.